The number of ether oxygens (including phenoxy) is 1. The van der Waals surface area contributed by atoms with Crippen molar-refractivity contribution in [2.24, 2.45) is 0 Å². The van der Waals surface area contributed by atoms with Gasteiger partial charge in [-0.1, -0.05) is 66.7 Å². The zero-order chi connectivity index (χ0) is 29.9. The van der Waals surface area contributed by atoms with Crippen LogP contribution in [0.5, 0.6) is 0 Å². The summed E-state index contributed by atoms with van der Waals surface area (Å²) in [6.07, 6.45) is 1.76. The summed E-state index contributed by atoms with van der Waals surface area (Å²) in [6, 6.07) is 27.8. The molecule has 0 bridgehead atoms. The first-order valence-corrected chi connectivity index (χ1v) is 14.4. The van der Waals surface area contributed by atoms with Gasteiger partial charge in [0.25, 0.3) is 5.91 Å². The number of hydrogen-bond donors (Lipinski definition) is 1. The Kier molecular flexibility index (Phi) is 8.44. The first-order valence-electron chi connectivity index (χ1n) is 14.4. The monoisotopic (exact) mass is 564 g/mol. The van der Waals surface area contributed by atoms with Gasteiger partial charge in [-0.05, 0) is 81.5 Å². The van der Waals surface area contributed by atoms with E-state index < -0.39 is 11.6 Å². The van der Waals surface area contributed by atoms with Gasteiger partial charge in [0.05, 0.1) is 11.6 Å². The Morgan fingerprint density at radius 2 is 1.64 bits per heavy atom. The number of carbonyl (C=O) groups excluding carboxylic acids is 2. The Labute approximate surface area is 247 Å². The number of amides is 1. The van der Waals surface area contributed by atoms with Gasteiger partial charge in [0, 0.05) is 35.5 Å². The van der Waals surface area contributed by atoms with E-state index in [1.54, 1.807) is 36.4 Å². The van der Waals surface area contributed by atoms with E-state index in [2.05, 4.69) is 10.2 Å². The summed E-state index contributed by atoms with van der Waals surface area (Å²) in [4.78, 5) is 28.1. The molecule has 0 spiro atoms. The molecule has 0 aliphatic carbocycles. The largest absolute Gasteiger partial charge is 0.456 e. The van der Waals surface area contributed by atoms with Crippen molar-refractivity contribution in [3.63, 3.8) is 0 Å². The van der Waals surface area contributed by atoms with Crippen molar-refractivity contribution in [2.45, 2.75) is 58.7 Å². The van der Waals surface area contributed by atoms with Crippen molar-refractivity contribution >= 4 is 17.6 Å². The molecule has 1 N–H and O–H groups in total. The van der Waals surface area contributed by atoms with Crippen LogP contribution in [0.25, 0.3) is 11.1 Å². The maximum atomic E-state index is 16.1. The zero-order valence-corrected chi connectivity index (χ0v) is 24.6. The van der Waals surface area contributed by atoms with Gasteiger partial charge < -0.3 is 15.0 Å². The van der Waals surface area contributed by atoms with Gasteiger partial charge in [-0.25, -0.2) is 9.18 Å². The summed E-state index contributed by atoms with van der Waals surface area (Å²) in [5.41, 5.74) is 4.83. The van der Waals surface area contributed by atoms with Gasteiger partial charge in [0.15, 0.2) is 0 Å². The van der Waals surface area contributed by atoms with Crippen molar-refractivity contribution in [2.75, 3.05) is 11.4 Å². The van der Waals surface area contributed by atoms with Gasteiger partial charge in [-0.3, -0.25) is 4.79 Å². The van der Waals surface area contributed by atoms with Crippen LogP contribution < -0.4 is 10.2 Å². The second kappa shape index (κ2) is 12.2. The van der Waals surface area contributed by atoms with Crippen LogP contribution >= 0.6 is 0 Å². The van der Waals surface area contributed by atoms with E-state index in [0.717, 1.165) is 36.2 Å². The number of nitrogens with zero attached hydrogens (tertiary/aromatic N) is 1. The molecule has 6 heteroatoms. The highest BCUT2D eigenvalue weighted by Crippen LogP contribution is 2.33. The minimum absolute atomic E-state index is 0.109. The lowest BCUT2D eigenvalue weighted by Gasteiger charge is -2.32. The molecule has 216 valence electrons. The van der Waals surface area contributed by atoms with Gasteiger partial charge in [-0.2, -0.15) is 0 Å². The quantitative estimate of drug-likeness (QED) is 0.232. The molecule has 1 aliphatic heterocycles. The summed E-state index contributed by atoms with van der Waals surface area (Å²) >= 11 is 0. The Hall–Kier alpha value is -4.45. The maximum absolute atomic E-state index is 16.1. The van der Waals surface area contributed by atoms with Crippen LogP contribution in [0.2, 0.25) is 0 Å². The molecule has 4 aromatic carbocycles. The van der Waals surface area contributed by atoms with Crippen LogP contribution in [0.15, 0.2) is 91.0 Å². The third-order valence-corrected chi connectivity index (χ3v) is 7.48. The molecule has 0 radical (unpaired) electrons. The average molecular weight is 565 g/mol. The van der Waals surface area contributed by atoms with Crippen LogP contribution in [0.4, 0.5) is 10.1 Å². The fraction of sp³-hybridized carbons (Fsp3) is 0.278. The smallest absolute Gasteiger partial charge is 0.339 e. The van der Waals surface area contributed by atoms with Crippen molar-refractivity contribution in [3.8, 4) is 11.1 Å². The van der Waals surface area contributed by atoms with E-state index in [-0.39, 0.29) is 17.8 Å². The Bertz CT molecular complexity index is 1590. The Balaban J connectivity index is 1.37. The molecule has 5 nitrogen and oxygen atoms in total. The lowest BCUT2D eigenvalue weighted by atomic mass is 9.95. The van der Waals surface area contributed by atoms with E-state index in [1.807, 2.05) is 82.3 Å². The zero-order valence-electron chi connectivity index (χ0n) is 24.6. The molecular formula is C36H37FN2O3. The van der Waals surface area contributed by atoms with Crippen LogP contribution in [0.3, 0.4) is 0 Å². The van der Waals surface area contributed by atoms with E-state index in [9.17, 15) is 9.59 Å². The lowest BCUT2D eigenvalue weighted by Crippen LogP contribution is -2.30. The number of nitrogens with one attached hydrogen (secondary N) is 1. The van der Waals surface area contributed by atoms with Crippen LogP contribution in [-0.4, -0.2) is 24.0 Å². The number of fused-ring (bicyclic) bond motifs is 1. The fourth-order valence-corrected chi connectivity index (χ4v) is 5.43. The molecule has 0 saturated heterocycles. The molecule has 42 heavy (non-hydrogen) atoms. The number of anilines is 1. The molecule has 0 saturated carbocycles. The first-order chi connectivity index (χ1) is 20.1. The first kappa shape index (κ1) is 29.1. The van der Waals surface area contributed by atoms with Gasteiger partial charge >= 0.3 is 5.97 Å². The fourth-order valence-electron chi connectivity index (χ4n) is 5.43. The SMILES string of the molecule is CC(NC(=O)c1ccc2c(c1)CCCN2Cc1cccc(-c2ccccc2C(=O)OC(C)(C)C)c1F)c1ccccc1. The van der Waals surface area contributed by atoms with E-state index in [1.165, 1.54) is 0 Å². The maximum Gasteiger partial charge on any atom is 0.339 e. The molecule has 0 aromatic heterocycles. The summed E-state index contributed by atoms with van der Waals surface area (Å²) in [7, 11) is 0. The molecule has 1 unspecified atom stereocenters. The van der Waals surface area contributed by atoms with E-state index in [4.69, 9.17) is 4.74 Å². The number of esters is 1. The third kappa shape index (κ3) is 6.54. The second-order valence-corrected chi connectivity index (χ2v) is 11.8. The van der Waals surface area contributed by atoms with Crippen LogP contribution in [-0.2, 0) is 17.7 Å². The third-order valence-electron chi connectivity index (χ3n) is 7.48. The standard InChI is InChI=1S/C36H37FN2O3/c1-24(25-12-6-5-7-13-25)38-34(40)27-19-20-32-26(22-27)15-11-21-39(32)23-28-14-10-18-30(33(28)37)29-16-8-9-17-31(29)35(41)42-36(2,3)4/h5-10,12-14,16-20,22,24H,11,15,21,23H2,1-4H3,(H,38,40). The Morgan fingerprint density at radius 1 is 0.929 bits per heavy atom. The van der Waals surface area contributed by atoms with E-state index >= 15 is 4.39 Å². The molecule has 1 aliphatic rings. The molecule has 4 aromatic rings. The van der Waals surface area contributed by atoms with Crippen molar-refractivity contribution in [1.29, 1.82) is 0 Å². The summed E-state index contributed by atoms with van der Waals surface area (Å²) in [5, 5.41) is 3.09. The summed E-state index contributed by atoms with van der Waals surface area (Å²) < 4.78 is 21.7. The van der Waals surface area contributed by atoms with Crippen LogP contribution in [0, 0.1) is 5.82 Å². The number of benzene rings is 4. The normalized spacial score (nSPS) is 13.7. The molecule has 1 amide bonds. The number of hydrogen-bond acceptors (Lipinski definition) is 4. The minimum atomic E-state index is -0.660. The second-order valence-electron chi connectivity index (χ2n) is 11.8. The van der Waals surface area contributed by atoms with Crippen molar-refractivity contribution < 1.29 is 18.7 Å². The highest BCUT2D eigenvalue weighted by atomic mass is 19.1. The van der Waals surface area contributed by atoms with Crippen molar-refractivity contribution in [3.05, 3.63) is 125 Å². The molecule has 1 atom stereocenters. The lowest BCUT2D eigenvalue weighted by molar-refractivity contribution is 0.00703. The van der Waals surface area contributed by atoms with Crippen molar-refractivity contribution in [1.82, 2.24) is 5.32 Å². The summed E-state index contributed by atoms with van der Waals surface area (Å²) in [6.45, 7) is 8.56. The highest BCUT2D eigenvalue weighted by molar-refractivity contribution is 5.97. The molecule has 1 heterocycles. The van der Waals surface area contributed by atoms with Gasteiger partial charge in [0.1, 0.15) is 11.4 Å². The predicted octanol–water partition coefficient (Wildman–Crippen LogP) is 7.89. The number of halogens is 1. The van der Waals surface area contributed by atoms with E-state index in [0.29, 0.717) is 34.4 Å². The van der Waals surface area contributed by atoms with Gasteiger partial charge in [0.2, 0.25) is 0 Å². The molecule has 0 fully saturated rings. The number of rotatable bonds is 7. The highest BCUT2D eigenvalue weighted by Gasteiger charge is 2.24. The average Bonchev–Trinajstić information content (AvgIpc) is 2.97. The number of carbonyl (C=O) groups is 2. The van der Waals surface area contributed by atoms with Crippen LogP contribution in [0.1, 0.15) is 77.6 Å². The predicted molar refractivity (Wildman–Crippen MR) is 165 cm³/mol. The summed E-state index contributed by atoms with van der Waals surface area (Å²) in [5.74, 6) is -0.953. The Morgan fingerprint density at radius 3 is 2.40 bits per heavy atom. The topological polar surface area (TPSA) is 58.6 Å². The number of aryl methyl sites for hydroxylation is 1. The minimum Gasteiger partial charge on any atom is -0.456 e. The molecular weight excluding hydrogens is 527 g/mol. The molecule has 5 rings (SSSR count). The van der Waals surface area contributed by atoms with Gasteiger partial charge in [-0.15, -0.1) is 0 Å².